The highest BCUT2D eigenvalue weighted by molar-refractivity contribution is 9.09. The molecule has 138 valence electrons. The Kier molecular flexibility index (Phi) is 16.8. The van der Waals surface area contributed by atoms with Gasteiger partial charge in [-0.3, -0.25) is 4.79 Å². The molecule has 1 unspecified atom stereocenters. The second-order valence-electron chi connectivity index (χ2n) is 7.07. The van der Waals surface area contributed by atoms with Gasteiger partial charge >= 0.3 is 5.97 Å². The van der Waals surface area contributed by atoms with Crippen molar-refractivity contribution < 1.29 is 9.53 Å². The molecule has 0 aromatic rings. The summed E-state index contributed by atoms with van der Waals surface area (Å²) in [5.41, 5.74) is 0. The number of alkyl halides is 1. The fraction of sp³-hybridized carbons (Fsp3) is 0.950. The Balaban J connectivity index is 3.64. The van der Waals surface area contributed by atoms with Crippen molar-refractivity contribution >= 4 is 21.9 Å². The van der Waals surface area contributed by atoms with Crippen molar-refractivity contribution in [2.24, 2.45) is 11.8 Å². The lowest BCUT2D eigenvalue weighted by molar-refractivity contribution is -0.144. The number of rotatable bonds is 16. The van der Waals surface area contributed by atoms with Gasteiger partial charge in [0.1, 0.15) is 0 Å². The highest BCUT2D eigenvalue weighted by Gasteiger charge is 2.14. The minimum Gasteiger partial charge on any atom is -0.466 e. The van der Waals surface area contributed by atoms with Gasteiger partial charge < -0.3 is 4.74 Å². The van der Waals surface area contributed by atoms with Gasteiger partial charge in [0.15, 0.2) is 0 Å². The molecule has 0 N–H and O–H groups in total. The predicted octanol–water partition coefficient (Wildman–Crippen LogP) is 6.90. The van der Waals surface area contributed by atoms with Crippen LogP contribution in [0.4, 0.5) is 0 Å². The average molecular weight is 391 g/mol. The van der Waals surface area contributed by atoms with Crippen molar-refractivity contribution in [3.8, 4) is 0 Å². The third-order valence-electron chi connectivity index (χ3n) is 4.64. The van der Waals surface area contributed by atoms with Crippen LogP contribution in [0.2, 0.25) is 0 Å². The van der Waals surface area contributed by atoms with E-state index in [1.165, 1.54) is 51.4 Å². The third kappa shape index (κ3) is 15.2. The Labute approximate surface area is 153 Å². The lowest BCUT2D eigenvalue weighted by Crippen LogP contribution is -2.14. The first-order chi connectivity index (χ1) is 11.1. The molecule has 0 aliphatic carbocycles. The summed E-state index contributed by atoms with van der Waals surface area (Å²) < 4.78 is 5.43. The van der Waals surface area contributed by atoms with Gasteiger partial charge in [-0.25, -0.2) is 0 Å². The molecule has 0 amide bonds. The molecule has 0 rings (SSSR count). The molecule has 0 bridgehead atoms. The van der Waals surface area contributed by atoms with E-state index in [1.54, 1.807) is 0 Å². The fourth-order valence-corrected chi connectivity index (χ4v) is 3.33. The summed E-state index contributed by atoms with van der Waals surface area (Å²) in [6.07, 6.45) is 14.0. The van der Waals surface area contributed by atoms with E-state index < -0.39 is 0 Å². The molecule has 1 atom stereocenters. The molecule has 0 spiro atoms. The van der Waals surface area contributed by atoms with Crippen molar-refractivity contribution in [1.29, 1.82) is 0 Å². The number of hydrogen-bond acceptors (Lipinski definition) is 2. The van der Waals surface area contributed by atoms with Gasteiger partial charge in [0.2, 0.25) is 0 Å². The first-order valence-corrected chi connectivity index (χ1v) is 11.0. The summed E-state index contributed by atoms with van der Waals surface area (Å²) in [6.45, 7) is 7.44. The Morgan fingerprint density at radius 3 is 2.22 bits per heavy atom. The van der Waals surface area contributed by atoms with Crippen molar-refractivity contribution in [1.82, 2.24) is 0 Å². The van der Waals surface area contributed by atoms with E-state index in [0.29, 0.717) is 24.9 Å². The quantitative estimate of drug-likeness (QED) is 0.163. The van der Waals surface area contributed by atoms with Gasteiger partial charge in [-0.15, -0.1) is 0 Å². The smallest absolute Gasteiger partial charge is 0.305 e. The maximum Gasteiger partial charge on any atom is 0.305 e. The fourth-order valence-electron chi connectivity index (χ4n) is 2.93. The zero-order valence-corrected chi connectivity index (χ0v) is 17.3. The van der Waals surface area contributed by atoms with E-state index in [9.17, 15) is 4.79 Å². The third-order valence-corrected chi connectivity index (χ3v) is 5.20. The standard InChI is InChI=1S/C20H39BrO2/c1-4-5-6-10-13-19(18(2)3)15-17-23-20(22)14-11-8-7-9-12-16-21/h18-19H,4-17H2,1-3H3. The van der Waals surface area contributed by atoms with Crippen LogP contribution in [0, 0.1) is 11.8 Å². The number of carbonyl (C=O) groups is 1. The van der Waals surface area contributed by atoms with Crippen molar-refractivity contribution in [3.63, 3.8) is 0 Å². The van der Waals surface area contributed by atoms with Crippen molar-refractivity contribution in [3.05, 3.63) is 0 Å². The second kappa shape index (κ2) is 16.8. The SMILES string of the molecule is CCCCCCC(CCOC(=O)CCCCCCCBr)C(C)C. The lowest BCUT2D eigenvalue weighted by atomic mass is 9.88. The predicted molar refractivity (Wildman–Crippen MR) is 104 cm³/mol. The number of unbranched alkanes of at least 4 members (excludes halogenated alkanes) is 7. The number of ether oxygens (including phenoxy) is 1. The average Bonchev–Trinajstić information content (AvgIpc) is 2.52. The maximum absolute atomic E-state index is 11.8. The molecule has 0 heterocycles. The molecule has 0 radical (unpaired) electrons. The molecule has 2 nitrogen and oxygen atoms in total. The monoisotopic (exact) mass is 390 g/mol. The lowest BCUT2D eigenvalue weighted by Gasteiger charge is -2.20. The van der Waals surface area contributed by atoms with Gasteiger partial charge in [0, 0.05) is 11.8 Å². The van der Waals surface area contributed by atoms with Crippen LogP contribution in [0.5, 0.6) is 0 Å². The van der Waals surface area contributed by atoms with E-state index in [1.807, 2.05) is 0 Å². The Hall–Kier alpha value is -0.0500. The van der Waals surface area contributed by atoms with Crippen molar-refractivity contribution in [2.75, 3.05) is 11.9 Å². The van der Waals surface area contributed by atoms with Crippen LogP contribution < -0.4 is 0 Å². The van der Waals surface area contributed by atoms with Crippen LogP contribution in [0.3, 0.4) is 0 Å². The van der Waals surface area contributed by atoms with Gasteiger partial charge in [0.25, 0.3) is 0 Å². The number of carbonyl (C=O) groups excluding carboxylic acids is 1. The van der Waals surface area contributed by atoms with Crippen LogP contribution in [0.1, 0.15) is 97.8 Å². The highest BCUT2D eigenvalue weighted by Crippen LogP contribution is 2.22. The van der Waals surface area contributed by atoms with Gasteiger partial charge in [-0.1, -0.05) is 88.1 Å². The second-order valence-corrected chi connectivity index (χ2v) is 7.86. The largest absolute Gasteiger partial charge is 0.466 e. The summed E-state index contributed by atoms with van der Waals surface area (Å²) in [6, 6.07) is 0. The van der Waals surface area contributed by atoms with E-state index in [-0.39, 0.29) is 5.97 Å². The molecule has 0 aromatic carbocycles. The zero-order chi connectivity index (χ0) is 17.3. The Morgan fingerprint density at radius 1 is 0.913 bits per heavy atom. The minimum absolute atomic E-state index is 0.000944. The highest BCUT2D eigenvalue weighted by atomic mass is 79.9. The number of hydrogen-bond donors (Lipinski definition) is 0. The Morgan fingerprint density at radius 2 is 1.57 bits per heavy atom. The van der Waals surface area contributed by atoms with Gasteiger partial charge in [-0.05, 0) is 31.1 Å². The zero-order valence-electron chi connectivity index (χ0n) is 15.7. The molecular formula is C20H39BrO2. The first-order valence-electron chi connectivity index (χ1n) is 9.83. The molecule has 0 aliphatic rings. The Bertz CT molecular complexity index is 266. The summed E-state index contributed by atoms with van der Waals surface area (Å²) in [7, 11) is 0. The molecule has 23 heavy (non-hydrogen) atoms. The summed E-state index contributed by atoms with van der Waals surface area (Å²) in [4.78, 5) is 11.8. The summed E-state index contributed by atoms with van der Waals surface area (Å²) in [5, 5.41) is 1.09. The molecule has 0 saturated carbocycles. The van der Waals surface area contributed by atoms with E-state index >= 15 is 0 Å². The van der Waals surface area contributed by atoms with E-state index in [4.69, 9.17) is 4.74 Å². The van der Waals surface area contributed by atoms with Gasteiger partial charge in [-0.2, -0.15) is 0 Å². The maximum atomic E-state index is 11.8. The van der Waals surface area contributed by atoms with Crippen LogP contribution in [-0.4, -0.2) is 17.9 Å². The number of esters is 1. The topological polar surface area (TPSA) is 26.3 Å². The molecular weight excluding hydrogens is 352 g/mol. The number of halogens is 1. The van der Waals surface area contributed by atoms with Crippen molar-refractivity contribution in [2.45, 2.75) is 97.8 Å². The van der Waals surface area contributed by atoms with E-state index in [2.05, 4.69) is 36.7 Å². The van der Waals surface area contributed by atoms with Gasteiger partial charge in [0.05, 0.1) is 6.61 Å². The normalized spacial score (nSPS) is 12.6. The molecule has 0 aromatic heterocycles. The summed E-state index contributed by atoms with van der Waals surface area (Å²) >= 11 is 3.44. The molecule has 3 heteroatoms. The molecule has 0 aliphatic heterocycles. The van der Waals surface area contributed by atoms with Crippen LogP contribution >= 0.6 is 15.9 Å². The summed E-state index contributed by atoms with van der Waals surface area (Å²) in [5.74, 6) is 1.38. The minimum atomic E-state index is -0.000944. The molecule has 0 saturated heterocycles. The van der Waals surface area contributed by atoms with E-state index in [0.717, 1.165) is 24.6 Å². The van der Waals surface area contributed by atoms with Crippen LogP contribution in [0.15, 0.2) is 0 Å². The molecule has 0 fully saturated rings. The first kappa shape index (κ1) is 22.9. The van der Waals surface area contributed by atoms with Crippen LogP contribution in [0.25, 0.3) is 0 Å². The van der Waals surface area contributed by atoms with Crippen LogP contribution in [-0.2, 0) is 9.53 Å².